The van der Waals surface area contributed by atoms with Crippen LogP contribution in [0.1, 0.15) is 36.5 Å². The predicted octanol–water partition coefficient (Wildman–Crippen LogP) is 3.22. The zero-order valence-corrected chi connectivity index (χ0v) is 11.8. The van der Waals surface area contributed by atoms with E-state index in [1.54, 1.807) is 6.20 Å². The van der Waals surface area contributed by atoms with Gasteiger partial charge in [0.25, 0.3) is 0 Å². The smallest absolute Gasteiger partial charge is 0.0897 e. The summed E-state index contributed by atoms with van der Waals surface area (Å²) in [5, 5.41) is 14.9. The first kappa shape index (κ1) is 12.8. The zero-order chi connectivity index (χ0) is 13.2. The molecule has 2 atom stereocenters. The van der Waals surface area contributed by atoms with Gasteiger partial charge in [-0.3, -0.25) is 4.68 Å². The van der Waals surface area contributed by atoms with Gasteiger partial charge in [0.15, 0.2) is 0 Å². The summed E-state index contributed by atoms with van der Waals surface area (Å²) in [5.74, 6) is 1.12. The molecular weight excluding hydrogens is 256 g/mol. The molecule has 0 saturated carbocycles. The molecule has 0 fully saturated rings. The Hall–Kier alpha value is -1.26. The summed E-state index contributed by atoms with van der Waals surface area (Å²) in [7, 11) is 0. The van der Waals surface area contributed by atoms with Crippen molar-refractivity contribution in [3.05, 3.63) is 47.8 Å². The Bertz CT molecular complexity index is 567. The van der Waals surface area contributed by atoms with Gasteiger partial charge in [-0.15, -0.1) is 11.8 Å². The van der Waals surface area contributed by atoms with Crippen LogP contribution in [0, 0.1) is 0 Å². The molecule has 0 radical (unpaired) electrons. The van der Waals surface area contributed by atoms with Crippen molar-refractivity contribution in [1.29, 1.82) is 0 Å². The maximum atomic E-state index is 10.6. The fourth-order valence-electron chi connectivity index (χ4n) is 2.56. The van der Waals surface area contributed by atoms with E-state index >= 15 is 0 Å². The third-order valence-corrected chi connectivity index (χ3v) is 4.77. The second-order valence-electron chi connectivity index (χ2n) is 4.94. The lowest BCUT2D eigenvalue weighted by atomic mass is 9.92. The Morgan fingerprint density at radius 2 is 2.32 bits per heavy atom. The van der Waals surface area contributed by atoms with E-state index in [9.17, 15) is 5.11 Å². The fraction of sp³-hybridized carbons (Fsp3) is 0.400. The Morgan fingerprint density at radius 3 is 3.16 bits per heavy atom. The van der Waals surface area contributed by atoms with Crippen molar-refractivity contribution < 1.29 is 5.11 Å². The van der Waals surface area contributed by atoms with Gasteiger partial charge in [-0.05, 0) is 18.1 Å². The standard InChI is InChI=1S/C15H18N2OS/c1-2-7-17-9-11(8-16-17)15(18)13-10-19-14-6-4-3-5-12(13)14/h3-6,8-9,13,15,18H,2,7,10H2,1H3. The molecule has 0 bridgehead atoms. The third-order valence-electron chi connectivity index (χ3n) is 3.57. The maximum Gasteiger partial charge on any atom is 0.0897 e. The molecule has 1 aromatic carbocycles. The van der Waals surface area contributed by atoms with Crippen molar-refractivity contribution in [3.63, 3.8) is 0 Å². The molecule has 0 aliphatic carbocycles. The monoisotopic (exact) mass is 274 g/mol. The summed E-state index contributed by atoms with van der Waals surface area (Å²) in [5.41, 5.74) is 2.19. The highest BCUT2D eigenvalue weighted by Gasteiger charge is 2.30. The molecule has 1 aromatic heterocycles. The molecule has 1 aliphatic heterocycles. The van der Waals surface area contributed by atoms with Gasteiger partial charge in [0.2, 0.25) is 0 Å². The molecule has 2 unspecified atom stereocenters. The van der Waals surface area contributed by atoms with Crippen molar-refractivity contribution in [2.24, 2.45) is 0 Å². The first-order chi connectivity index (χ1) is 9.29. The number of aliphatic hydroxyl groups is 1. The number of hydrogen-bond acceptors (Lipinski definition) is 3. The minimum atomic E-state index is -0.457. The highest BCUT2D eigenvalue weighted by atomic mass is 32.2. The first-order valence-corrected chi connectivity index (χ1v) is 7.70. The van der Waals surface area contributed by atoms with Crippen LogP contribution in [0.5, 0.6) is 0 Å². The highest BCUT2D eigenvalue weighted by molar-refractivity contribution is 7.99. The van der Waals surface area contributed by atoms with Crippen LogP contribution in [0.2, 0.25) is 0 Å². The molecule has 2 aromatic rings. The van der Waals surface area contributed by atoms with Crippen LogP contribution in [-0.2, 0) is 6.54 Å². The Kier molecular flexibility index (Phi) is 3.62. The number of nitrogens with zero attached hydrogens (tertiary/aromatic N) is 2. The second-order valence-corrected chi connectivity index (χ2v) is 6.00. The molecule has 0 spiro atoms. The van der Waals surface area contributed by atoms with E-state index in [0.717, 1.165) is 24.3 Å². The number of hydrogen-bond donors (Lipinski definition) is 1. The highest BCUT2D eigenvalue weighted by Crippen LogP contribution is 2.45. The van der Waals surface area contributed by atoms with Crippen molar-refractivity contribution in [2.45, 2.75) is 36.8 Å². The SMILES string of the molecule is CCCn1cc(C(O)C2CSc3ccccc32)cn1. The van der Waals surface area contributed by atoms with Crippen LogP contribution < -0.4 is 0 Å². The predicted molar refractivity (Wildman–Crippen MR) is 77.4 cm³/mol. The second kappa shape index (κ2) is 5.39. The Balaban J connectivity index is 1.82. The van der Waals surface area contributed by atoms with Crippen LogP contribution in [0.4, 0.5) is 0 Å². The van der Waals surface area contributed by atoms with E-state index in [1.165, 1.54) is 10.5 Å². The maximum absolute atomic E-state index is 10.6. The summed E-state index contributed by atoms with van der Waals surface area (Å²) in [6.45, 7) is 3.03. The average Bonchev–Trinajstić information content (AvgIpc) is 3.05. The summed E-state index contributed by atoms with van der Waals surface area (Å²) in [6, 6.07) is 8.36. The van der Waals surface area contributed by atoms with Crippen LogP contribution >= 0.6 is 11.8 Å². The van der Waals surface area contributed by atoms with E-state index in [4.69, 9.17) is 0 Å². The van der Waals surface area contributed by atoms with E-state index in [0.29, 0.717) is 0 Å². The lowest BCUT2D eigenvalue weighted by Gasteiger charge is -2.17. The zero-order valence-electron chi connectivity index (χ0n) is 11.0. The Labute approximate surface area is 117 Å². The van der Waals surface area contributed by atoms with Crippen molar-refractivity contribution >= 4 is 11.8 Å². The lowest BCUT2D eigenvalue weighted by molar-refractivity contribution is 0.153. The molecule has 1 N–H and O–H groups in total. The molecule has 1 aliphatic rings. The van der Waals surface area contributed by atoms with Crippen molar-refractivity contribution in [2.75, 3.05) is 5.75 Å². The molecule has 3 nitrogen and oxygen atoms in total. The van der Waals surface area contributed by atoms with Gasteiger partial charge >= 0.3 is 0 Å². The molecule has 4 heteroatoms. The summed E-state index contributed by atoms with van der Waals surface area (Å²) < 4.78 is 1.91. The van der Waals surface area contributed by atoms with Gasteiger partial charge < -0.3 is 5.11 Å². The van der Waals surface area contributed by atoms with E-state index in [-0.39, 0.29) is 5.92 Å². The number of fused-ring (bicyclic) bond motifs is 1. The third kappa shape index (κ3) is 2.42. The summed E-state index contributed by atoms with van der Waals surface area (Å²) in [4.78, 5) is 1.30. The van der Waals surface area contributed by atoms with Gasteiger partial charge in [0.1, 0.15) is 0 Å². The number of aryl methyl sites for hydroxylation is 1. The van der Waals surface area contributed by atoms with Gasteiger partial charge in [0.05, 0.1) is 12.3 Å². The van der Waals surface area contributed by atoms with Gasteiger partial charge in [-0.25, -0.2) is 0 Å². The van der Waals surface area contributed by atoms with E-state index in [2.05, 4.69) is 30.2 Å². The Morgan fingerprint density at radius 1 is 1.47 bits per heavy atom. The summed E-state index contributed by atoms with van der Waals surface area (Å²) >= 11 is 1.83. The van der Waals surface area contributed by atoms with Gasteiger partial charge in [-0.1, -0.05) is 25.1 Å². The van der Waals surface area contributed by atoms with Crippen LogP contribution in [0.25, 0.3) is 0 Å². The van der Waals surface area contributed by atoms with E-state index < -0.39 is 6.10 Å². The number of thioether (sulfide) groups is 1. The molecule has 19 heavy (non-hydrogen) atoms. The molecule has 3 rings (SSSR count). The number of benzene rings is 1. The van der Waals surface area contributed by atoms with Crippen molar-refractivity contribution in [1.82, 2.24) is 9.78 Å². The normalized spacial score (nSPS) is 19.4. The number of rotatable bonds is 4. The minimum Gasteiger partial charge on any atom is -0.388 e. The van der Waals surface area contributed by atoms with Crippen molar-refractivity contribution in [3.8, 4) is 0 Å². The first-order valence-electron chi connectivity index (χ1n) is 6.71. The molecule has 0 saturated heterocycles. The van der Waals surface area contributed by atoms with Crippen LogP contribution in [0.15, 0.2) is 41.6 Å². The minimum absolute atomic E-state index is 0.181. The van der Waals surface area contributed by atoms with Gasteiger partial charge in [-0.2, -0.15) is 5.10 Å². The topological polar surface area (TPSA) is 38.0 Å². The van der Waals surface area contributed by atoms with Crippen LogP contribution in [-0.4, -0.2) is 20.6 Å². The van der Waals surface area contributed by atoms with Crippen LogP contribution in [0.3, 0.4) is 0 Å². The molecule has 0 amide bonds. The van der Waals surface area contributed by atoms with E-state index in [1.807, 2.05) is 28.7 Å². The summed E-state index contributed by atoms with van der Waals surface area (Å²) in [6.07, 6.45) is 4.37. The molecule has 100 valence electrons. The fourth-order valence-corrected chi connectivity index (χ4v) is 3.85. The van der Waals surface area contributed by atoms with Gasteiger partial charge in [0, 0.05) is 34.9 Å². The molecular formula is C15H18N2OS. The average molecular weight is 274 g/mol. The number of aromatic nitrogens is 2. The lowest BCUT2D eigenvalue weighted by Crippen LogP contribution is -2.09. The number of aliphatic hydroxyl groups excluding tert-OH is 1. The largest absolute Gasteiger partial charge is 0.388 e. The molecule has 2 heterocycles. The quantitative estimate of drug-likeness (QED) is 0.930.